The molecule has 0 N–H and O–H groups in total. The van der Waals surface area contributed by atoms with E-state index >= 15 is 0 Å². The molecule has 1 aliphatic heterocycles. The first-order chi connectivity index (χ1) is 14.2. The molecule has 1 aromatic carbocycles. The highest BCUT2D eigenvalue weighted by atomic mass is 79.9. The fourth-order valence-corrected chi connectivity index (χ4v) is 4.16. The average Bonchev–Trinajstić information content (AvgIpc) is 3.20. The van der Waals surface area contributed by atoms with Crippen LogP contribution in [0.15, 0.2) is 37.7 Å². The van der Waals surface area contributed by atoms with Crippen LogP contribution >= 0.6 is 15.9 Å². The summed E-state index contributed by atoms with van der Waals surface area (Å²) in [5.41, 5.74) is 1.59. The molecular weight excluding hydrogens is 446 g/mol. The second kappa shape index (κ2) is 8.19. The molecule has 30 heavy (non-hydrogen) atoms. The highest BCUT2D eigenvalue weighted by Crippen LogP contribution is 2.29. The summed E-state index contributed by atoms with van der Waals surface area (Å²) in [6.07, 6.45) is 2.73. The van der Waals surface area contributed by atoms with Crippen LogP contribution in [-0.2, 0) is 12.0 Å². The van der Waals surface area contributed by atoms with Gasteiger partial charge in [-0.1, -0.05) is 36.7 Å². The summed E-state index contributed by atoms with van der Waals surface area (Å²) < 4.78 is 12.8. The molecule has 0 saturated carbocycles. The molecule has 0 radical (unpaired) electrons. The minimum Gasteiger partial charge on any atom is -0.451 e. The summed E-state index contributed by atoms with van der Waals surface area (Å²) in [6, 6.07) is 5.82. The second-order valence-corrected chi connectivity index (χ2v) is 9.90. The number of amides is 1. The molecule has 1 fully saturated rings. The van der Waals surface area contributed by atoms with Crippen LogP contribution in [0.2, 0.25) is 0 Å². The van der Waals surface area contributed by atoms with E-state index < -0.39 is 0 Å². The summed E-state index contributed by atoms with van der Waals surface area (Å²) in [7, 11) is 0. The van der Waals surface area contributed by atoms with E-state index in [1.807, 2.05) is 36.2 Å². The Hall–Kier alpha value is -2.12. The van der Waals surface area contributed by atoms with Crippen molar-refractivity contribution in [1.29, 1.82) is 0 Å². The van der Waals surface area contributed by atoms with Crippen LogP contribution < -0.4 is 0 Å². The molecule has 0 unspecified atom stereocenters. The van der Waals surface area contributed by atoms with Gasteiger partial charge in [-0.3, -0.25) is 9.69 Å². The maximum Gasteiger partial charge on any atom is 0.289 e. The molecule has 0 spiro atoms. The Morgan fingerprint density at radius 2 is 1.97 bits per heavy atom. The summed E-state index contributed by atoms with van der Waals surface area (Å²) in [4.78, 5) is 21.8. The SMILES string of the molecule is Cc1c(C(=O)N2CCCN(Cc3ncc(C(C)(C)C)o3)CC2)oc2ccc(Br)cc12. The molecule has 0 bridgehead atoms. The third-order valence-corrected chi connectivity index (χ3v) is 6.11. The summed E-state index contributed by atoms with van der Waals surface area (Å²) >= 11 is 3.49. The van der Waals surface area contributed by atoms with Crippen LogP contribution in [0, 0.1) is 6.92 Å². The molecule has 0 atom stereocenters. The molecule has 3 aromatic rings. The molecule has 160 valence electrons. The largest absolute Gasteiger partial charge is 0.451 e. The minimum atomic E-state index is -0.0483. The van der Waals surface area contributed by atoms with E-state index in [9.17, 15) is 4.79 Å². The number of carbonyl (C=O) groups excluding carboxylic acids is 1. The number of halogens is 1. The van der Waals surface area contributed by atoms with Gasteiger partial charge >= 0.3 is 0 Å². The molecule has 4 rings (SSSR count). The Morgan fingerprint density at radius 1 is 1.17 bits per heavy atom. The van der Waals surface area contributed by atoms with E-state index in [-0.39, 0.29) is 11.3 Å². The molecular formula is C23H28BrN3O3. The van der Waals surface area contributed by atoms with E-state index in [0.29, 0.717) is 25.4 Å². The fraction of sp³-hybridized carbons (Fsp3) is 0.478. The molecule has 1 amide bonds. The van der Waals surface area contributed by atoms with E-state index in [2.05, 4.69) is 46.6 Å². The number of oxazole rings is 1. The Labute approximate surface area is 185 Å². The number of furan rings is 1. The van der Waals surface area contributed by atoms with Crippen molar-refractivity contribution in [3.05, 3.63) is 51.8 Å². The predicted octanol–water partition coefficient (Wildman–Crippen LogP) is 5.14. The summed E-state index contributed by atoms with van der Waals surface area (Å²) in [5.74, 6) is 2.04. The quantitative estimate of drug-likeness (QED) is 0.526. The van der Waals surface area contributed by atoms with Crippen molar-refractivity contribution < 1.29 is 13.6 Å². The highest BCUT2D eigenvalue weighted by molar-refractivity contribution is 9.10. The van der Waals surface area contributed by atoms with Crippen molar-refractivity contribution in [3.63, 3.8) is 0 Å². The van der Waals surface area contributed by atoms with Gasteiger partial charge < -0.3 is 13.7 Å². The average molecular weight is 474 g/mol. The molecule has 7 heteroatoms. The first-order valence-electron chi connectivity index (χ1n) is 10.4. The Morgan fingerprint density at radius 3 is 2.70 bits per heavy atom. The Balaban J connectivity index is 1.43. The van der Waals surface area contributed by atoms with Crippen molar-refractivity contribution in [3.8, 4) is 0 Å². The Bertz CT molecular complexity index is 1060. The third kappa shape index (κ3) is 4.32. The zero-order chi connectivity index (χ0) is 21.5. The molecule has 1 aliphatic rings. The van der Waals surface area contributed by atoms with Gasteiger partial charge in [0.25, 0.3) is 5.91 Å². The maximum absolute atomic E-state index is 13.2. The van der Waals surface area contributed by atoms with Crippen LogP contribution in [0.25, 0.3) is 11.0 Å². The number of aryl methyl sites for hydroxylation is 1. The van der Waals surface area contributed by atoms with Crippen LogP contribution in [-0.4, -0.2) is 46.9 Å². The van der Waals surface area contributed by atoms with Crippen LogP contribution in [0.4, 0.5) is 0 Å². The smallest absolute Gasteiger partial charge is 0.289 e. The lowest BCUT2D eigenvalue weighted by Crippen LogP contribution is -2.35. The number of carbonyl (C=O) groups is 1. The predicted molar refractivity (Wildman–Crippen MR) is 120 cm³/mol. The third-order valence-electron chi connectivity index (χ3n) is 5.62. The minimum absolute atomic E-state index is 0.0344. The molecule has 3 heterocycles. The van der Waals surface area contributed by atoms with Gasteiger partial charge in [-0.25, -0.2) is 4.98 Å². The number of nitrogens with zero attached hydrogens (tertiary/aromatic N) is 3. The molecule has 2 aromatic heterocycles. The van der Waals surface area contributed by atoms with Gasteiger partial charge in [0.15, 0.2) is 5.76 Å². The number of benzene rings is 1. The molecule has 1 saturated heterocycles. The number of aromatic nitrogens is 1. The van der Waals surface area contributed by atoms with Gasteiger partial charge in [0.2, 0.25) is 5.89 Å². The van der Waals surface area contributed by atoms with E-state index in [4.69, 9.17) is 8.83 Å². The maximum atomic E-state index is 13.2. The topological polar surface area (TPSA) is 62.7 Å². The second-order valence-electron chi connectivity index (χ2n) is 8.99. The zero-order valence-electron chi connectivity index (χ0n) is 18.0. The lowest BCUT2D eigenvalue weighted by molar-refractivity contribution is 0.0730. The number of hydrogen-bond donors (Lipinski definition) is 0. The zero-order valence-corrected chi connectivity index (χ0v) is 19.6. The highest BCUT2D eigenvalue weighted by Gasteiger charge is 2.26. The van der Waals surface area contributed by atoms with Gasteiger partial charge in [0.05, 0.1) is 12.7 Å². The van der Waals surface area contributed by atoms with Gasteiger partial charge in [0, 0.05) is 47.0 Å². The van der Waals surface area contributed by atoms with Crippen molar-refractivity contribution in [2.24, 2.45) is 0 Å². The normalized spacial score (nSPS) is 16.2. The standard InChI is InChI=1S/C23H28BrN3O3/c1-15-17-12-16(24)6-7-18(17)29-21(15)22(28)27-9-5-8-26(10-11-27)14-20-25-13-19(30-20)23(2,3)4/h6-7,12-13H,5,8-11,14H2,1-4H3. The van der Waals surface area contributed by atoms with E-state index in [1.54, 1.807) is 0 Å². The monoisotopic (exact) mass is 473 g/mol. The van der Waals surface area contributed by atoms with Crippen LogP contribution in [0.5, 0.6) is 0 Å². The first-order valence-corrected chi connectivity index (χ1v) is 11.2. The van der Waals surface area contributed by atoms with Gasteiger partial charge in [-0.05, 0) is 31.5 Å². The van der Waals surface area contributed by atoms with Gasteiger partial charge in [-0.2, -0.15) is 0 Å². The van der Waals surface area contributed by atoms with Gasteiger partial charge in [-0.15, -0.1) is 0 Å². The molecule has 6 nitrogen and oxygen atoms in total. The summed E-state index contributed by atoms with van der Waals surface area (Å²) in [6.45, 7) is 12.0. The van der Waals surface area contributed by atoms with Crippen LogP contribution in [0.3, 0.4) is 0 Å². The number of fused-ring (bicyclic) bond motifs is 1. The first kappa shape index (κ1) is 21.1. The molecule has 0 aliphatic carbocycles. The number of hydrogen-bond acceptors (Lipinski definition) is 5. The van der Waals surface area contributed by atoms with E-state index in [0.717, 1.165) is 52.2 Å². The fourth-order valence-electron chi connectivity index (χ4n) is 3.79. The van der Waals surface area contributed by atoms with Crippen molar-refractivity contribution in [2.75, 3.05) is 26.2 Å². The van der Waals surface area contributed by atoms with Crippen molar-refractivity contribution in [1.82, 2.24) is 14.8 Å². The van der Waals surface area contributed by atoms with Crippen LogP contribution in [0.1, 0.15) is 55.0 Å². The Kier molecular flexibility index (Phi) is 5.77. The lowest BCUT2D eigenvalue weighted by atomic mass is 9.94. The van der Waals surface area contributed by atoms with Crippen molar-refractivity contribution in [2.45, 2.75) is 46.1 Å². The van der Waals surface area contributed by atoms with Crippen molar-refractivity contribution >= 4 is 32.8 Å². The lowest BCUT2D eigenvalue weighted by Gasteiger charge is -2.20. The summed E-state index contributed by atoms with van der Waals surface area (Å²) in [5, 5.41) is 0.975. The number of rotatable bonds is 3. The van der Waals surface area contributed by atoms with E-state index in [1.165, 1.54) is 0 Å². The van der Waals surface area contributed by atoms with Gasteiger partial charge in [0.1, 0.15) is 11.3 Å².